The number of alkyl halides is 1. The lowest BCUT2D eigenvalue weighted by atomic mass is 9.94. The normalized spacial score (nSPS) is 9.79. The van der Waals surface area contributed by atoms with Crippen LogP contribution in [0.5, 0.6) is 5.75 Å². The average Bonchev–Trinajstić information content (AvgIpc) is 2.16. The van der Waals surface area contributed by atoms with E-state index in [4.69, 9.17) is 9.84 Å². The van der Waals surface area contributed by atoms with E-state index >= 15 is 0 Å². The van der Waals surface area contributed by atoms with Crippen molar-refractivity contribution in [2.24, 2.45) is 0 Å². The number of carboxylic acids is 1. The first kappa shape index (κ1) is 10.6. The number of halogens is 1. The van der Waals surface area contributed by atoms with Crippen LogP contribution in [-0.4, -0.2) is 32.2 Å². The summed E-state index contributed by atoms with van der Waals surface area (Å²) in [7, 11) is 1.78. The molecule has 0 aliphatic rings. The van der Waals surface area contributed by atoms with Crippen LogP contribution in [0.15, 0.2) is 18.2 Å². The maximum atomic E-state index is 11.8. The van der Waals surface area contributed by atoms with Gasteiger partial charge in [-0.2, -0.15) is 0 Å². The predicted molar refractivity (Wildman–Crippen MR) is 53.0 cm³/mol. The van der Waals surface area contributed by atoms with E-state index < -0.39 is 12.6 Å². The molecule has 3 nitrogen and oxygen atoms in total. The van der Waals surface area contributed by atoms with Gasteiger partial charge >= 0.3 is 5.97 Å². The second kappa shape index (κ2) is 4.65. The van der Waals surface area contributed by atoms with Crippen molar-refractivity contribution in [2.75, 3.05) is 13.3 Å². The molecule has 0 unspecified atom stereocenters. The Bertz CT molecular complexity index is 341. The lowest BCUT2D eigenvalue weighted by molar-refractivity contribution is 0.0696. The summed E-state index contributed by atoms with van der Waals surface area (Å²) >= 11 is 0. The van der Waals surface area contributed by atoms with Crippen molar-refractivity contribution in [1.82, 2.24) is 0 Å². The van der Waals surface area contributed by atoms with Gasteiger partial charge in [0.1, 0.15) is 26.9 Å². The van der Waals surface area contributed by atoms with E-state index in [-0.39, 0.29) is 12.2 Å². The summed E-state index contributed by atoms with van der Waals surface area (Å²) in [4.78, 5) is 10.6. The van der Waals surface area contributed by atoms with Crippen LogP contribution in [0.4, 0.5) is 4.39 Å². The Labute approximate surface area is 81.9 Å². The highest BCUT2D eigenvalue weighted by Gasteiger charge is 2.06. The van der Waals surface area contributed by atoms with E-state index in [9.17, 15) is 9.18 Å². The van der Waals surface area contributed by atoms with Gasteiger partial charge in [0, 0.05) is 0 Å². The predicted octanol–water partition coefficient (Wildman–Crippen LogP) is -0.00850. The molecule has 0 aliphatic heterocycles. The standard InChI is InChI=1S/C9H10BFO3/c10-7-2-1-6(9(12)13)5-8(7)14-4-3-11/h1-2,5H,3-4,10H2,(H,12,13). The van der Waals surface area contributed by atoms with Crippen molar-refractivity contribution in [3.05, 3.63) is 23.8 Å². The van der Waals surface area contributed by atoms with E-state index in [1.165, 1.54) is 12.1 Å². The van der Waals surface area contributed by atoms with Gasteiger partial charge in [-0.15, -0.1) is 0 Å². The number of aromatic carboxylic acids is 1. The molecule has 0 bridgehead atoms. The maximum absolute atomic E-state index is 11.8. The van der Waals surface area contributed by atoms with E-state index in [1.807, 2.05) is 0 Å². The molecule has 0 amide bonds. The summed E-state index contributed by atoms with van der Waals surface area (Å²) < 4.78 is 16.9. The maximum Gasteiger partial charge on any atom is 0.335 e. The van der Waals surface area contributed by atoms with E-state index in [0.29, 0.717) is 5.75 Å². The Morgan fingerprint density at radius 2 is 2.29 bits per heavy atom. The molecule has 0 saturated carbocycles. The summed E-state index contributed by atoms with van der Waals surface area (Å²) in [5.41, 5.74) is 0.938. The van der Waals surface area contributed by atoms with Crippen molar-refractivity contribution in [3.8, 4) is 5.75 Å². The quantitative estimate of drug-likeness (QED) is 0.689. The van der Waals surface area contributed by atoms with E-state index in [0.717, 1.165) is 5.46 Å². The van der Waals surface area contributed by atoms with Crippen LogP contribution in [-0.2, 0) is 0 Å². The van der Waals surface area contributed by atoms with Crippen molar-refractivity contribution in [3.63, 3.8) is 0 Å². The third-order valence-corrected chi connectivity index (χ3v) is 1.77. The first-order valence-corrected chi connectivity index (χ1v) is 4.18. The van der Waals surface area contributed by atoms with Crippen LogP contribution >= 0.6 is 0 Å². The minimum Gasteiger partial charge on any atom is -0.491 e. The second-order valence-corrected chi connectivity index (χ2v) is 2.82. The monoisotopic (exact) mass is 196 g/mol. The molecule has 0 atom stereocenters. The van der Waals surface area contributed by atoms with Gasteiger partial charge in [0.25, 0.3) is 0 Å². The molecular weight excluding hydrogens is 186 g/mol. The zero-order chi connectivity index (χ0) is 10.6. The van der Waals surface area contributed by atoms with Crippen LogP contribution in [0.3, 0.4) is 0 Å². The molecule has 1 aromatic carbocycles. The lowest BCUT2D eigenvalue weighted by Crippen LogP contribution is -2.12. The number of carbonyl (C=O) groups is 1. The minimum absolute atomic E-state index is 0.0517. The summed E-state index contributed by atoms with van der Waals surface area (Å²) in [6, 6.07) is 4.52. The molecule has 0 aromatic heterocycles. The Balaban J connectivity index is 2.90. The summed E-state index contributed by atoms with van der Waals surface area (Å²) in [6.07, 6.45) is 0. The molecule has 14 heavy (non-hydrogen) atoms. The summed E-state index contributed by atoms with van der Waals surface area (Å²) in [6.45, 7) is -0.638. The molecule has 0 radical (unpaired) electrons. The SMILES string of the molecule is Bc1ccc(C(=O)O)cc1OCCF. The van der Waals surface area contributed by atoms with Gasteiger partial charge < -0.3 is 9.84 Å². The van der Waals surface area contributed by atoms with E-state index in [1.54, 1.807) is 13.9 Å². The van der Waals surface area contributed by atoms with Gasteiger partial charge in [-0.25, -0.2) is 9.18 Å². The average molecular weight is 196 g/mol. The lowest BCUT2D eigenvalue weighted by Gasteiger charge is -2.07. The van der Waals surface area contributed by atoms with Gasteiger partial charge in [0.05, 0.1) is 5.56 Å². The van der Waals surface area contributed by atoms with Crippen molar-refractivity contribution in [1.29, 1.82) is 0 Å². The first-order chi connectivity index (χ1) is 6.65. The Hall–Kier alpha value is -1.52. The molecule has 1 N–H and O–H groups in total. The van der Waals surface area contributed by atoms with Gasteiger partial charge in [0.2, 0.25) is 0 Å². The first-order valence-electron chi connectivity index (χ1n) is 4.18. The number of hydrogen-bond donors (Lipinski definition) is 1. The summed E-state index contributed by atoms with van der Waals surface area (Å²) in [5.74, 6) is -0.599. The number of benzene rings is 1. The molecule has 1 aromatic rings. The van der Waals surface area contributed by atoms with Crippen molar-refractivity contribution in [2.45, 2.75) is 0 Å². The van der Waals surface area contributed by atoms with E-state index in [2.05, 4.69) is 0 Å². The van der Waals surface area contributed by atoms with Gasteiger partial charge in [-0.1, -0.05) is 6.07 Å². The smallest absolute Gasteiger partial charge is 0.335 e. The molecular formula is C9H10BFO3. The molecule has 5 heteroatoms. The summed E-state index contributed by atoms with van der Waals surface area (Å²) in [5, 5.41) is 8.70. The number of carboxylic acid groups (broad SMARTS) is 1. The molecule has 0 saturated heterocycles. The van der Waals surface area contributed by atoms with Crippen LogP contribution in [0, 0.1) is 0 Å². The Morgan fingerprint density at radius 1 is 1.57 bits per heavy atom. The van der Waals surface area contributed by atoms with Crippen LogP contribution in [0.25, 0.3) is 0 Å². The van der Waals surface area contributed by atoms with Crippen LogP contribution < -0.4 is 10.2 Å². The van der Waals surface area contributed by atoms with Crippen LogP contribution in [0.1, 0.15) is 10.4 Å². The fourth-order valence-corrected chi connectivity index (χ4v) is 1.04. The highest BCUT2D eigenvalue weighted by atomic mass is 19.1. The highest BCUT2D eigenvalue weighted by Crippen LogP contribution is 2.10. The fraction of sp³-hybridized carbons (Fsp3) is 0.222. The molecule has 0 fully saturated rings. The second-order valence-electron chi connectivity index (χ2n) is 2.82. The van der Waals surface area contributed by atoms with Gasteiger partial charge in [-0.05, 0) is 17.6 Å². The molecule has 0 spiro atoms. The van der Waals surface area contributed by atoms with Crippen LogP contribution in [0.2, 0.25) is 0 Å². The third kappa shape index (κ3) is 2.48. The molecule has 1 rings (SSSR count). The Kier molecular flexibility index (Phi) is 3.51. The van der Waals surface area contributed by atoms with Gasteiger partial charge in [-0.3, -0.25) is 0 Å². The molecule has 74 valence electrons. The topological polar surface area (TPSA) is 46.5 Å². The largest absolute Gasteiger partial charge is 0.491 e. The van der Waals surface area contributed by atoms with Gasteiger partial charge in [0.15, 0.2) is 0 Å². The third-order valence-electron chi connectivity index (χ3n) is 1.77. The van der Waals surface area contributed by atoms with Crippen molar-refractivity contribution >= 4 is 19.3 Å². The Morgan fingerprint density at radius 3 is 2.86 bits per heavy atom. The molecule has 0 aliphatic carbocycles. The number of hydrogen-bond acceptors (Lipinski definition) is 2. The zero-order valence-corrected chi connectivity index (χ0v) is 7.79. The number of ether oxygens (including phenoxy) is 1. The fourth-order valence-electron chi connectivity index (χ4n) is 1.04. The minimum atomic E-state index is -1.02. The van der Waals surface area contributed by atoms with Crippen molar-refractivity contribution < 1.29 is 19.0 Å². The number of rotatable bonds is 4. The molecule has 0 heterocycles. The zero-order valence-electron chi connectivity index (χ0n) is 7.79. The highest BCUT2D eigenvalue weighted by molar-refractivity contribution is 6.34.